The van der Waals surface area contributed by atoms with Gasteiger partial charge < -0.3 is 10.3 Å². The van der Waals surface area contributed by atoms with Crippen molar-refractivity contribution in [1.29, 1.82) is 0 Å². The van der Waals surface area contributed by atoms with Gasteiger partial charge in [-0.1, -0.05) is 11.6 Å². The molecule has 1 fully saturated rings. The molecule has 7 heteroatoms. The highest BCUT2D eigenvalue weighted by atomic mass is 35.5. The van der Waals surface area contributed by atoms with Crippen LogP contribution in [0, 0.1) is 0 Å². The minimum atomic E-state index is -2.90. The summed E-state index contributed by atoms with van der Waals surface area (Å²) in [5.74, 6) is 1.23. The van der Waals surface area contributed by atoms with Crippen molar-refractivity contribution in [2.24, 2.45) is 5.73 Å². The number of rotatable bonds is 1. The topological polar surface area (TPSA) is 78.0 Å². The Morgan fingerprint density at radius 1 is 1.39 bits per heavy atom. The fourth-order valence-electron chi connectivity index (χ4n) is 2.88. The first-order valence-corrected chi connectivity index (χ1v) is 8.37. The lowest BCUT2D eigenvalue weighted by Gasteiger charge is -2.23. The van der Waals surface area contributed by atoms with Crippen LogP contribution in [-0.2, 0) is 22.8 Å². The second-order valence-corrected chi connectivity index (χ2v) is 7.80. The van der Waals surface area contributed by atoms with Gasteiger partial charge in [0, 0.05) is 18.5 Å². The quantitative estimate of drug-likeness (QED) is 0.826. The van der Waals surface area contributed by atoms with Gasteiger partial charge in [0.15, 0.2) is 15.0 Å². The molecule has 2 aliphatic rings. The molecule has 0 saturated carbocycles. The Balaban J connectivity index is 1.98. The lowest BCUT2D eigenvalue weighted by molar-refractivity contribution is 0.441. The molecule has 3 rings (SSSR count). The lowest BCUT2D eigenvalue weighted by atomic mass is 10.0. The van der Waals surface area contributed by atoms with E-state index >= 15 is 0 Å². The number of hydrogen-bond donors (Lipinski definition) is 1. The summed E-state index contributed by atoms with van der Waals surface area (Å²) in [5.41, 5.74) is 6.98. The van der Waals surface area contributed by atoms with Gasteiger partial charge in [0.05, 0.1) is 17.2 Å². The summed E-state index contributed by atoms with van der Waals surface area (Å²) in [5, 5.41) is 0.515. The second-order valence-electron chi connectivity index (χ2n) is 5.22. The molecule has 0 radical (unpaired) electrons. The van der Waals surface area contributed by atoms with Crippen LogP contribution in [0.15, 0.2) is 0 Å². The van der Waals surface area contributed by atoms with Crippen molar-refractivity contribution >= 4 is 21.4 Å². The Morgan fingerprint density at radius 2 is 2.17 bits per heavy atom. The molecule has 18 heavy (non-hydrogen) atoms. The van der Waals surface area contributed by atoms with Crippen molar-refractivity contribution in [1.82, 2.24) is 9.55 Å². The SMILES string of the molecule is NC1CCc2c(Cl)nc(C3CCS(=O)(=O)C3)n2C1. The van der Waals surface area contributed by atoms with Gasteiger partial charge in [0.1, 0.15) is 5.82 Å². The van der Waals surface area contributed by atoms with Gasteiger partial charge in [-0.05, 0) is 19.3 Å². The summed E-state index contributed by atoms with van der Waals surface area (Å²) in [6.07, 6.45) is 2.38. The third-order valence-electron chi connectivity index (χ3n) is 3.82. The van der Waals surface area contributed by atoms with Crippen molar-refractivity contribution in [3.63, 3.8) is 0 Å². The van der Waals surface area contributed by atoms with Gasteiger partial charge in [-0.15, -0.1) is 0 Å². The zero-order chi connectivity index (χ0) is 12.9. The predicted molar refractivity (Wildman–Crippen MR) is 69.5 cm³/mol. The van der Waals surface area contributed by atoms with Crippen molar-refractivity contribution in [2.45, 2.75) is 37.8 Å². The lowest BCUT2D eigenvalue weighted by Crippen LogP contribution is -2.33. The minimum Gasteiger partial charge on any atom is -0.329 e. The summed E-state index contributed by atoms with van der Waals surface area (Å²) in [4.78, 5) is 4.38. The first-order chi connectivity index (χ1) is 8.46. The number of aromatic nitrogens is 2. The summed E-state index contributed by atoms with van der Waals surface area (Å²) in [6.45, 7) is 0.695. The zero-order valence-corrected chi connectivity index (χ0v) is 11.5. The number of imidazole rings is 1. The van der Waals surface area contributed by atoms with E-state index in [9.17, 15) is 8.42 Å². The van der Waals surface area contributed by atoms with Crippen LogP contribution in [0.5, 0.6) is 0 Å². The third kappa shape index (κ3) is 2.06. The van der Waals surface area contributed by atoms with Gasteiger partial charge in [-0.25, -0.2) is 13.4 Å². The van der Waals surface area contributed by atoms with Crippen molar-refractivity contribution in [2.75, 3.05) is 11.5 Å². The summed E-state index contributed by atoms with van der Waals surface area (Å²) >= 11 is 6.14. The fraction of sp³-hybridized carbons (Fsp3) is 0.727. The van der Waals surface area contributed by atoms with Crippen molar-refractivity contribution in [3.8, 4) is 0 Å². The highest BCUT2D eigenvalue weighted by Gasteiger charge is 2.34. The van der Waals surface area contributed by atoms with E-state index in [1.54, 1.807) is 0 Å². The molecule has 5 nitrogen and oxygen atoms in total. The highest BCUT2D eigenvalue weighted by Crippen LogP contribution is 2.33. The molecule has 0 amide bonds. The fourth-order valence-corrected chi connectivity index (χ4v) is 4.90. The van der Waals surface area contributed by atoms with E-state index in [0.29, 0.717) is 18.1 Å². The number of sulfone groups is 1. The average molecular weight is 290 g/mol. The van der Waals surface area contributed by atoms with Crippen LogP contribution in [0.2, 0.25) is 5.15 Å². The smallest absolute Gasteiger partial charge is 0.151 e. The van der Waals surface area contributed by atoms with Crippen LogP contribution in [-0.4, -0.2) is 35.5 Å². The van der Waals surface area contributed by atoms with E-state index in [1.165, 1.54) is 0 Å². The Labute approximate surface area is 111 Å². The van der Waals surface area contributed by atoms with Gasteiger partial charge in [-0.2, -0.15) is 0 Å². The van der Waals surface area contributed by atoms with Gasteiger partial charge in [0.25, 0.3) is 0 Å². The molecule has 0 aromatic carbocycles. The Bertz CT molecular complexity index is 581. The molecule has 2 atom stereocenters. The normalized spacial score (nSPS) is 30.3. The van der Waals surface area contributed by atoms with E-state index in [4.69, 9.17) is 17.3 Å². The molecule has 1 aromatic heterocycles. The molecule has 3 heterocycles. The Kier molecular flexibility index (Phi) is 2.91. The minimum absolute atomic E-state index is 0.0217. The number of nitrogens with two attached hydrogens (primary N) is 1. The molecular weight excluding hydrogens is 274 g/mol. The molecule has 2 unspecified atom stereocenters. The molecule has 0 aliphatic carbocycles. The van der Waals surface area contributed by atoms with Crippen LogP contribution in [0.1, 0.15) is 30.3 Å². The van der Waals surface area contributed by atoms with Crippen LogP contribution in [0.4, 0.5) is 0 Å². The Hall–Kier alpha value is -0.590. The van der Waals surface area contributed by atoms with Gasteiger partial charge in [-0.3, -0.25) is 0 Å². The van der Waals surface area contributed by atoms with E-state index in [1.807, 2.05) is 4.57 Å². The molecule has 0 bridgehead atoms. The van der Waals surface area contributed by atoms with Crippen LogP contribution in [0.25, 0.3) is 0 Å². The maximum absolute atomic E-state index is 11.6. The van der Waals surface area contributed by atoms with E-state index in [2.05, 4.69) is 4.98 Å². The molecule has 2 N–H and O–H groups in total. The van der Waals surface area contributed by atoms with E-state index in [-0.39, 0.29) is 23.5 Å². The molecule has 100 valence electrons. The number of hydrogen-bond acceptors (Lipinski definition) is 4. The summed E-state index contributed by atoms with van der Waals surface area (Å²) in [6, 6.07) is 0.111. The van der Waals surface area contributed by atoms with Crippen molar-refractivity contribution < 1.29 is 8.42 Å². The van der Waals surface area contributed by atoms with Gasteiger partial charge >= 0.3 is 0 Å². The maximum atomic E-state index is 11.6. The molecule has 1 aromatic rings. The third-order valence-corrected chi connectivity index (χ3v) is 5.89. The summed E-state index contributed by atoms with van der Waals surface area (Å²) in [7, 11) is -2.90. The number of nitrogens with zero attached hydrogens (tertiary/aromatic N) is 2. The predicted octanol–water partition coefficient (Wildman–Crippen LogP) is 0.712. The summed E-state index contributed by atoms with van der Waals surface area (Å²) < 4.78 is 25.2. The van der Waals surface area contributed by atoms with Crippen LogP contribution in [0.3, 0.4) is 0 Å². The Morgan fingerprint density at radius 3 is 2.83 bits per heavy atom. The monoisotopic (exact) mass is 289 g/mol. The van der Waals surface area contributed by atoms with E-state index < -0.39 is 9.84 Å². The van der Waals surface area contributed by atoms with Gasteiger partial charge in [0.2, 0.25) is 0 Å². The first-order valence-electron chi connectivity index (χ1n) is 6.17. The standard InChI is InChI=1S/C11H16ClN3O2S/c12-10-9-2-1-8(13)5-15(9)11(14-10)7-3-4-18(16,17)6-7/h7-8H,1-6,13H2. The number of fused-ring (bicyclic) bond motifs is 1. The van der Waals surface area contributed by atoms with E-state index in [0.717, 1.165) is 24.4 Å². The van der Waals surface area contributed by atoms with Crippen LogP contribution >= 0.6 is 11.6 Å². The molecule has 1 saturated heterocycles. The largest absolute Gasteiger partial charge is 0.329 e. The van der Waals surface area contributed by atoms with Crippen LogP contribution < -0.4 is 5.73 Å². The number of halogens is 1. The molecule has 2 aliphatic heterocycles. The average Bonchev–Trinajstić information content (AvgIpc) is 2.80. The maximum Gasteiger partial charge on any atom is 0.151 e. The highest BCUT2D eigenvalue weighted by molar-refractivity contribution is 7.91. The first kappa shape index (κ1) is 12.4. The molecule has 0 spiro atoms. The zero-order valence-electron chi connectivity index (χ0n) is 9.97. The second kappa shape index (κ2) is 4.21. The molecular formula is C11H16ClN3O2S. The van der Waals surface area contributed by atoms with Crippen molar-refractivity contribution in [3.05, 3.63) is 16.7 Å².